The zero-order valence-corrected chi connectivity index (χ0v) is 18.7. The fourth-order valence-electron chi connectivity index (χ4n) is 3.06. The lowest BCUT2D eigenvalue weighted by Crippen LogP contribution is -2.25. The van der Waals surface area contributed by atoms with Gasteiger partial charge in [0.2, 0.25) is 5.91 Å². The maximum absolute atomic E-state index is 13.4. The fourth-order valence-corrected chi connectivity index (χ4v) is 3.82. The van der Waals surface area contributed by atoms with E-state index < -0.39 is 6.29 Å². The van der Waals surface area contributed by atoms with Crippen molar-refractivity contribution in [2.45, 2.75) is 24.4 Å². The minimum absolute atomic E-state index is 0.0275. The lowest BCUT2D eigenvalue weighted by atomic mass is 10.2. The molecule has 1 amide bonds. The number of anilines is 1. The van der Waals surface area contributed by atoms with E-state index in [-0.39, 0.29) is 40.7 Å². The molecule has 0 radical (unpaired) electrons. The molecule has 174 valence electrons. The summed E-state index contributed by atoms with van der Waals surface area (Å²) >= 11 is 1.14. The first kappa shape index (κ1) is 22.9. The molecule has 0 aliphatic carbocycles. The van der Waals surface area contributed by atoms with E-state index in [4.69, 9.17) is 0 Å². The van der Waals surface area contributed by atoms with Gasteiger partial charge in [0.25, 0.3) is 0 Å². The van der Waals surface area contributed by atoms with E-state index in [9.17, 15) is 18.0 Å². The zero-order valence-electron chi connectivity index (χ0n) is 17.9. The molecule has 8 nitrogen and oxygen atoms in total. The average Bonchev–Trinajstić information content (AvgIpc) is 3.31. The minimum atomic E-state index is -3.73. The Morgan fingerprint density at radius 3 is 2.55 bits per heavy atom. The maximum Gasteiger partial charge on any atom is 0.586 e. The Kier molecular flexibility index (Phi) is 6.21. The number of alkyl halides is 2. The van der Waals surface area contributed by atoms with E-state index in [0.29, 0.717) is 16.7 Å². The number of nitrogens with one attached hydrogen (secondary N) is 1. The van der Waals surface area contributed by atoms with Crippen molar-refractivity contribution in [3.63, 3.8) is 0 Å². The number of aromatic nitrogens is 3. The van der Waals surface area contributed by atoms with Gasteiger partial charge in [-0.15, -0.1) is 19.0 Å². The first-order chi connectivity index (χ1) is 15.6. The standard InChI is InChI=1S/C21H20F3N5O3S/c1-12(28(2)3)19-26-27-20(29(19)15-7-4-13(22)5-8-15)33-11-18(30)25-14-6-9-16-17(10-14)32-21(23,24)31-16/h4-10,12H,11H2,1-3H3,(H,25,30)/t12-/m0/s1. The highest BCUT2D eigenvalue weighted by Crippen LogP contribution is 2.42. The van der Waals surface area contributed by atoms with Crippen molar-refractivity contribution < 1.29 is 27.4 Å². The topological polar surface area (TPSA) is 81.5 Å². The van der Waals surface area contributed by atoms with Crippen LogP contribution in [0.4, 0.5) is 18.9 Å². The van der Waals surface area contributed by atoms with Gasteiger partial charge in [-0.25, -0.2) is 4.39 Å². The lowest BCUT2D eigenvalue weighted by molar-refractivity contribution is -0.286. The molecule has 0 saturated carbocycles. The van der Waals surface area contributed by atoms with Gasteiger partial charge in [0.1, 0.15) is 5.82 Å². The molecule has 0 spiro atoms. The minimum Gasteiger partial charge on any atom is -0.395 e. The second-order valence-corrected chi connectivity index (χ2v) is 8.40. The first-order valence-electron chi connectivity index (χ1n) is 9.83. The van der Waals surface area contributed by atoms with Crippen LogP contribution in [0.5, 0.6) is 11.5 Å². The monoisotopic (exact) mass is 479 g/mol. The van der Waals surface area contributed by atoms with Crippen molar-refractivity contribution >= 4 is 23.4 Å². The quantitative estimate of drug-likeness (QED) is 0.512. The third-order valence-corrected chi connectivity index (χ3v) is 5.84. The van der Waals surface area contributed by atoms with Crippen LogP contribution in [0.25, 0.3) is 5.69 Å². The summed E-state index contributed by atoms with van der Waals surface area (Å²) in [6.45, 7) is 1.95. The summed E-state index contributed by atoms with van der Waals surface area (Å²) < 4.78 is 50.3. The van der Waals surface area contributed by atoms with Crippen LogP contribution in [0.2, 0.25) is 0 Å². The summed E-state index contributed by atoms with van der Waals surface area (Å²) in [7, 11) is 3.80. The number of carbonyl (C=O) groups is 1. The molecule has 3 aromatic rings. The molecule has 1 aliphatic heterocycles. The highest BCUT2D eigenvalue weighted by Gasteiger charge is 2.43. The molecule has 0 bridgehead atoms. The molecular weight excluding hydrogens is 459 g/mol. The normalized spacial score (nSPS) is 15.0. The van der Waals surface area contributed by atoms with Gasteiger partial charge < -0.3 is 14.8 Å². The zero-order chi connectivity index (χ0) is 23.8. The van der Waals surface area contributed by atoms with E-state index in [1.165, 1.54) is 30.3 Å². The first-order valence-corrected chi connectivity index (χ1v) is 10.8. The smallest absolute Gasteiger partial charge is 0.395 e. The van der Waals surface area contributed by atoms with E-state index in [2.05, 4.69) is 25.0 Å². The second kappa shape index (κ2) is 8.94. The van der Waals surface area contributed by atoms with E-state index in [1.807, 2.05) is 25.9 Å². The van der Waals surface area contributed by atoms with Crippen molar-refractivity contribution in [3.05, 3.63) is 54.1 Å². The number of rotatable bonds is 7. The Morgan fingerprint density at radius 1 is 1.15 bits per heavy atom. The SMILES string of the molecule is C[C@@H](c1nnc(SCC(=O)Nc2ccc3c(c2)OC(F)(F)O3)n1-c1ccc(F)cc1)N(C)C. The molecule has 4 rings (SSSR count). The Labute approximate surface area is 191 Å². The van der Waals surface area contributed by atoms with Crippen LogP contribution in [-0.2, 0) is 4.79 Å². The molecule has 2 heterocycles. The third kappa shape index (κ3) is 5.06. The van der Waals surface area contributed by atoms with Gasteiger partial charge in [-0.05, 0) is 57.4 Å². The van der Waals surface area contributed by atoms with Crippen LogP contribution in [0, 0.1) is 5.82 Å². The number of thioether (sulfide) groups is 1. The molecule has 12 heteroatoms. The summed E-state index contributed by atoms with van der Waals surface area (Å²) in [5.74, 6) is -0.428. The molecule has 1 N–H and O–H groups in total. The van der Waals surface area contributed by atoms with Crippen LogP contribution >= 0.6 is 11.8 Å². The number of hydrogen-bond acceptors (Lipinski definition) is 7. The second-order valence-electron chi connectivity index (χ2n) is 7.46. The predicted molar refractivity (Wildman–Crippen MR) is 115 cm³/mol. The number of benzene rings is 2. The number of ether oxygens (including phenoxy) is 2. The molecule has 0 unspecified atom stereocenters. The fraction of sp³-hybridized carbons (Fsp3) is 0.286. The Morgan fingerprint density at radius 2 is 1.85 bits per heavy atom. The van der Waals surface area contributed by atoms with Crippen LogP contribution in [0.15, 0.2) is 47.6 Å². The van der Waals surface area contributed by atoms with Crippen molar-refractivity contribution in [2.24, 2.45) is 0 Å². The van der Waals surface area contributed by atoms with Gasteiger partial charge in [0.15, 0.2) is 22.5 Å². The molecular formula is C21H20F3N5O3S. The van der Waals surface area contributed by atoms with Crippen molar-refractivity contribution in [3.8, 4) is 17.2 Å². The molecule has 0 saturated heterocycles. The molecule has 0 fully saturated rings. The summed E-state index contributed by atoms with van der Waals surface area (Å²) in [6, 6.07) is 9.78. The number of amides is 1. The summed E-state index contributed by atoms with van der Waals surface area (Å²) in [5, 5.41) is 11.6. The van der Waals surface area contributed by atoms with Gasteiger partial charge >= 0.3 is 6.29 Å². The Bertz CT molecular complexity index is 1170. The third-order valence-electron chi connectivity index (χ3n) is 4.91. The summed E-state index contributed by atoms with van der Waals surface area (Å²) in [4.78, 5) is 14.4. The Balaban J connectivity index is 1.49. The molecule has 2 aromatic carbocycles. The van der Waals surface area contributed by atoms with Crippen molar-refractivity contribution in [1.29, 1.82) is 0 Å². The highest BCUT2D eigenvalue weighted by molar-refractivity contribution is 7.99. The van der Waals surface area contributed by atoms with E-state index >= 15 is 0 Å². The maximum atomic E-state index is 13.4. The van der Waals surface area contributed by atoms with Crippen molar-refractivity contribution in [1.82, 2.24) is 19.7 Å². The molecule has 1 aromatic heterocycles. The molecule has 33 heavy (non-hydrogen) atoms. The van der Waals surface area contributed by atoms with Crippen LogP contribution in [0.1, 0.15) is 18.8 Å². The van der Waals surface area contributed by atoms with Gasteiger partial charge in [-0.1, -0.05) is 11.8 Å². The highest BCUT2D eigenvalue weighted by atomic mass is 32.2. The van der Waals surface area contributed by atoms with E-state index in [0.717, 1.165) is 11.8 Å². The molecule has 1 aliphatic rings. The number of carbonyl (C=O) groups excluding carboxylic acids is 1. The summed E-state index contributed by atoms with van der Waals surface area (Å²) in [5.41, 5.74) is 0.937. The van der Waals surface area contributed by atoms with Gasteiger partial charge in [0.05, 0.1) is 11.8 Å². The number of fused-ring (bicyclic) bond motifs is 1. The van der Waals surface area contributed by atoms with Crippen molar-refractivity contribution in [2.75, 3.05) is 25.2 Å². The lowest BCUT2D eigenvalue weighted by Gasteiger charge is -2.20. The van der Waals surface area contributed by atoms with Gasteiger partial charge in [0, 0.05) is 17.4 Å². The predicted octanol–water partition coefficient (Wildman–Crippen LogP) is 4.08. The number of halogens is 3. The largest absolute Gasteiger partial charge is 0.586 e. The average molecular weight is 479 g/mol. The van der Waals surface area contributed by atoms with Crippen LogP contribution in [-0.4, -0.2) is 51.7 Å². The molecule has 1 atom stereocenters. The van der Waals surface area contributed by atoms with Crippen LogP contribution < -0.4 is 14.8 Å². The van der Waals surface area contributed by atoms with Gasteiger partial charge in [-0.2, -0.15) is 0 Å². The number of hydrogen-bond donors (Lipinski definition) is 1. The van der Waals surface area contributed by atoms with E-state index in [1.54, 1.807) is 16.7 Å². The summed E-state index contributed by atoms with van der Waals surface area (Å²) in [6.07, 6.45) is -3.73. The van der Waals surface area contributed by atoms with Crippen LogP contribution in [0.3, 0.4) is 0 Å². The number of nitrogens with zero attached hydrogens (tertiary/aromatic N) is 4. The Hall–Kier alpha value is -3.25. The van der Waals surface area contributed by atoms with Gasteiger partial charge in [-0.3, -0.25) is 14.3 Å².